The smallest absolute Gasteiger partial charge is 0.0707 e. The maximum Gasteiger partial charge on any atom is 0.0707 e. The maximum absolute atomic E-state index is 4.72. The molecule has 2 aromatic carbocycles. The van der Waals surface area contributed by atoms with Crippen LogP contribution in [-0.2, 0) is 0 Å². The quantitative estimate of drug-likeness (QED) is 0.496. The molecule has 0 aliphatic heterocycles. The lowest BCUT2D eigenvalue weighted by Crippen LogP contribution is -2.05. The number of aromatic nitrogens is 1. The molecule has 0 N–H and O–H groups in total. The molecule has 1 saturated carbocycles. The van der Waals surface area contributed by atoms with Gasteiger partial charge in [-0.2, -0.15) is 0 Å². The van der Waals surface area contributed by atoms with Crippen LogP contribution >= 0.6 is 0 Å². The Bertz CT molecular complexity index is 904. The zero-order valence-corrected chi connectivity index (χ0v) is 15.8. The summed E-state index contributed by atoms with van der Waals surface area (Å²) in [5.41, 5.74) is 9.01. The van der Waals surface area contributed by atoms with E-state index >= 15 is 0 Å². The van der Waals surface area contributed by atoms with Crippen molar-refractivity contribution in [1.82, 2.24) is 4.98 Å². The molecule has 3 aromatic rings. The van der Waals surface area contributed by atoms with Gasteiger partial charge in [-0.25, -0.2) is 0 Å². The van der Waals surface area contributed by atoms with Gasteiger partial charge < -0.3 is 0 Å². The van der Waals surface area contributed by atoms with E-state index in [0.29, 0.717) is 5.92 Å². The predicted molar refractivity (Wildman–Crippen MR) is 110 cm³/mol. The summed E-state index contributed by atoms with van der Waals surface area (Å²) in [6.45, 7) is 4.36. The van der Waals surface area contributed by atoms with Gasteiger partial charge in [-0.1, -0.05) is 55.7 Å². The number of hydrogen-bond donors (Lipinski definition) is 0. The molecule has 0 spiro atoms. The Labute approximate surface area is 157 Å². The van der Waals surface area contributed by atoms with Crippen LogP contribution in [0.15, 0.2) is 60.8 Å². The average molecular weight is 341 g/mol. The van der Waals surface area contributed by atoms with Crippen molar-refractivity contribution in [3.05, 3.63) is 77.5 Å². The first-order valence-corrected chi connectivity index (χ1v) is 9.85. The number of pyridine rings is 1. The van der Waals surface area contributed by atoms with Crippen molar-refractivity contribution in [2.24, 2.45) is 0 Å². The molecule has 0 bridgehead atoms. The fourth-order valence-corrected chi connectivity index (χ4v) is 4.25. The summed E-state index contributed by atoms with van der Waals surface area (Å²) in [7, 11) is 0. The Balaban J connectivity index is 1.74. The van der Waals surface area contributed by atoms with Gasteiger partial charge in [0, 0.05) is 11.8 Å². The van der Waals surface area contributed by atoms with Gasteiger partial charge in [0.1, 0.15) is 0 Å². The SMILES string of the molecule is Cc1ccccc1-c1ccc(C)c(-c2cc(C3CCCCC3)ccn2)c1. The number of hydrogen-bond acceptors (Lipinski definition) is 1. The van der Waals surface area contributed by atoms with Crippen LogP contribution in [0.1, 0.15) is 54.7 Å². The van der Waals surface area contributed by atoms with E-state index in [-0.39, 0.29) is 0 Å². The summed E-state index contributed by atoms with van der Waals surface area (Å²) in [5, 5.41) is 0. The molecule has 0 amide bonds. The second kappa shape index (κ2) is 7.45. The summed E-state index contributed by atoms with van der Waals surface area (Å²) in [6.07, 6.45) is 8.77. The van der Waals surface area contributed by atoms with E-state index in [1.54, 1.807) is 0 Å². The minimum atomic E-state index is 0.713. The van der Waals surface area contributed by atoms with Crippen molar-refractivity contribution in [2.75, 3.05) is 0 Å². The molecule has 0 radical (unpaired) electrons. The van der Waals surface area contributed by atoms with Gasteiger partial charge >= 0.3 is 0 Å². The molecule has 26 heavy (non-hydrogen) atoms. The number of rotatable bonds is 3. The van der Waals surface area contributed by atoms with Crippen LogP contribution in [0.4, 0.5) is 0 Å². The van der Waals surface area contributed by atoms with Crippen LogP contribution in [0, 0.1) is 13.8 Å². The molecule has 1 heterocycles. The highest BCUT2D eigenvalue weighted by atomic mass is 14.7. The number of nitrogens with zero attached hydrogens (tertiary/aromatic N) is 1. The summed E-state index contributed by atoms with van der Waals surface area (Å²) in [6, 6.07) is 19.9. The van der Waals surface area contributed by atoms with Crippen LogP contribution in [0.3, 0.4) is 0 Å². The minimum absolute atomic E-state index is 0.713. The number of benzene rings is 2. The Morgan fingerprint density at radius 1 is 0.769 bits per heavy atom. The molecule has 0 atom stereocenters. The summed E-state index contributed by atoms with van der Waals surface area (Å²) in [4.78, 5) is 4.72. The minimum Gasteiger partial charge on any atom is -0.256 e. The largest absolute Gasteiger partial charge is 0.256 e. The fourth-order valence-electron chi connectivity index (χ4n) is 4.25. The predicted octanol–water partition coefficient (Wildman–Crippen LogP) is 7.08. The summed E-state index contributed by atoms with van der Waals surface area (Å²) in [5.74, 6) is 0.713. The number of aryl methyl sites for hydroxylation is 2. The second-order valence-corrected chi connectivity index (χ2v) is 7.65. The normalized spacial score (nSPS) is 15.2. The highest BCUT2D eigenvalue weighted by Crippen LogP contribution is 2.35. The van der Waals surface area contributed by atoms with Gasteiger partial charge in [0.2, 0.25) is 0 Å². The highest BCUT2D eigenvalue weighted by molar-refractivity contribution is 5.75. The Hall–Kier alpha value is -2.41. The van der Waals surface area contributed by atoms with Crippen LogP contribution in [-0.4, -0.2) is 4.98 Å². The molecule has 1 aliphatic rings. The first kappa shape index (κ1) is 17.0. The lowest BCUT2D eigenvalue weighted by atomic mass is 9.84. The van der Waals surface area contributed by atoms with Crippen LogP contribution < -0.4 is 0 Å². The Morgan fingerprint density at radius 3 is 2.35 bits per heavy atom. The van der Waals surface area contributed by atoms with Crippen molar-refractivity contribution in [2.45, 2.75) is 51.9 Å². The van der Waals surface area contributed by atoms with Gasteiger partial charge in [0.15, 0.2) is 0 Å². The Kier molecular flexibility index (Phi) is 4.88. The van der Waals surface area contributed by atoms with Crippen molar-refractivity contribution in [1.29, 1.82) is 0 Å². The molecule has 132 valence electrons. The third kappa shape index (κ3) is 3.44. The molecule has 1 fully saturated rings. The van der Waals surface area contributed by atoms with Crippen molar-refractivity contribution in [3.8, 4) is 22.4 Å². The van der Waals surface area contributed by atoms with E-state index in [9.17, 15) is 0 Å². The average Bonchev–Trinajstić information content (AvgIpc) is 2.70. The van der Waals surface area contributed by atoms with Crippen LogP contribution in [0.25, 0.3) is 22.4 Å². The fraction of sp³-hybridized carbons (Fsp3) is 0.320. The molecule has 0 saturated heterocycles. The zero-order chi connectivity index (χ0) is 17.9. The van der Waals surface area contributed by atoms with Gasteiger partial charge in [0.25, 0.3) is 0 Å². The zero-order valence-electron chi connectivity index (χ0n) is 15.8. The second-order valence-electron chi connectivity index (χ2n) is 7.65. The molecule has 4 rings (SSSR count). The molecule has 1 aliphatic carbocycles. The monoisotopic (exact) mass is 341 g/mol. The van der Waals surface area contributed by atoms with Crippen LogP contribution in [0.2, 0.25) is 0 Å². The van der Waals surface area contributed by atoms with Gasteiger partial charge in [-0.15, -0.1) is 0 Å². The summed E-state index contributed by atoms with van der Waals surface area (Å²) >= 11 is 0. The van der Waals surface area contributed by atoms with E-state index in [2.05, 4.69) is 68.4 Å². The molecular weight excluding hydrogens is 314 g/mol. The molecule has 1 heteroatoms. The van der Waals surface area contributed by atoms with E-state index in [4.69, 9.17) is 4.98 Å². The standard InChI is InChI=1S/C25H27N/c1-18-8-6-7-11-23(18)22-13-12-19(2)24(16-22)25-17-21(14-15-26-25)20-9-4-3-5-10-20/h6-8,11-17,20H,3-5,9-10H2,1-2H3. The van der Waals surface area contributed by atoms with Crippen molar-refractivity contribution >= 4 is 0 Å². The van der Waals surface area contributed by atoms with E-state index in [0.717, 1.165) is 5.69 Å². The van der Waals surface area contributed by atoms with E-state index in [1.165, 1.54) is 65.5 Å². The van der Waals surface area contributed by atoms with Gasteiger partial charge in [-0.05, 0) is 78.6 Å². The van der Waals surface area contributed by atoms with Gasteiger partial charge in [0.05, 0.1) is 5.69 Å². The maximum atomic E-state index is 4.72. The van der Waals surface area contributed by atoms with E-state index in [1.807, 2.05) is 6.20 Å². The van der Waals surface area contributed by atoms with Gasteiger partial charge in [-0.3, -0.25) is 4.98 Å². The van der Waals surface area contributed by atoms with Crippen molar-refractivity contribution < 1.29 is 0 Å². The van der Waals surface area contributed by atoms with E-state index < -0.39 is 0 Å². The summed E-state index contributed by atoms with van der Waals surface area (Å²) < 4.78 is 0. The third-order valence-electron chi connectivity index (χ3n) is 5.83. The highest BCUT2D eigenvalue weighted by Gasteiger charge is 2.17. The third-order valence-corrected chi connectivity index (χ3v) is 5.83. The molecule has 1 aromatic heterocycles. The van der Waals surface area contributed by atoms with Crippen molar-refractivity contribution in [3.63, 3.8) is 0 Å². The Morgan fingerprint density at radius 2 is 1.54 bits per heavy atom. The lowest BCUT2D eigenvalue weighted by Gasteiger charge is -2.22. The van der Waals surface area contributed by atoms with Crippen LogP contribution in [0.5, 0.6) is 0 Å². The topological polar surface area (TPSA) is 12.9 Å². The molecular formula is C25H27N. The first-order chi connectivity index (χ1) is 12.7. The lowest BCUT2D eigenvalue weighted by molar-refractivity contribution is 0.443. The molecule has 1 nitrogen and oxygen atoms in total. The first-order valence-electron chi connectivity index (χ1n) is 9.85. The molecule has 0 unspecified atom stereocenters.